The number of nitrogens with zero attached hydrogens (tertiary/aromatic N) is 2. The van der Waals surface area contributed by atoms with Crippen molar-refractivity contribution < 1.29 is 9.84 Å². The van der Waals surface area contributed by atoms with Gasteiger partial charge in [0.15, 0.2) is 0 Å². The molecule has 0 amide bonds. The van der Waals surface area contributed by atoms with E-state index in [1.807, 2.05) is 12.3 Å². The normalized spacial score (nSPS) is 32.7. The van der Waals surface area contributed by atoms with Gasteiger partial charge in [-0.3, -0.25) is 9.88 Å². The van der Waals surface area contributed by atoms with Gasteiger partial charge in [-0.2, -0.15) is 0 Å². The number of piperidine rings is 1. The Morgan fingerprint density at radius 2 is 2.04 bits per heavy atom. The van der Waals surface area contributed by atoms with E-state index in [2.05, 4.69) is 41.1 Å². The molecular formula is C23H28N2O2. The Kier molecular flexibility index (Phi) is 4.21. The van der Waals surface area contributed by atoms with Gasteiger partial charge in [-0.15, -0.1) is 0 Å². The summed E-state index contributed by atoms with van der Waals surface area (Å²) in [6.45, 7) is 4.99. The third-order valence-electron chi connectivity index (χ3n) is 6.80. The van der Waals surface area contributed by atoms with E-state index in [9.17, 15) is 5.11 Å². The van der Waals surface area contributed by atoms with Gasteiger partial charge in [0.05, 0.1) is 5.60 Å². The number of rotatable bonds is 3. The quantitative estimate of drug-likeness (QED) is 0.905. The van der Waals surface area contributed by atoms with Crippen LogP contribution in [0.5, 0.6) is 5.75 Å². The van der Waals surface area contributed by atoms with Crippen LogP contribution in [0.1, 0.15) is 42.9 Å². The molecule has 1 N–H and O–H groups in total. The molecule has 5 rings (SSSR count). The summed E-state index contributed by atoms with van der Waals surface area (Å²) >= 11 is 0. The molecule has 2 aromatic rings. The average molecular weight is 364 g/mol. The molecule has 3 aliphatic rings. The lowest BCUT2D eigenvalue weighted by Gasteiger charge is -2.53. The van der Waals surface area contributed by atoms with E-state index >= 15 is 0 Å². The minimum atomic E-state index is -0.718. The molecule has 2 fully saturated rings. The summed E-state index contributed by atoms with van der Waals surface area (Å²) in [5, 5.41) is 11.7. The number of hydrogen-bond donors (Lipinski definition) is 1. The third kappa shape index (κ3) is 2.95. The highest BCUT2D eigenvalue weighted by molar-refractivity contribution is 5.40. The van der Waals surface area contributed by atoms with E-state index in [0.29, 0.717) is 6.10 Å². The van der Waals surface area contributed by atoms with E-state index in [1.165, 1.54) is 17.5 Å². The number of likely N-dealkylation sites (tertiary alicyclic amines) is 1. The molecular weight excluding hydrogens is 336 g/mol. The van der Waals surface area contributed by atoms with E-state index in [4.69, 9.17) is 4.74 Å². The second-order valence-electron chi connectivity index (χ2n) is 8.66. The molecule has 4 heteroatoms. The first-order valence-electron chi connectivity index (χ1n) is 10.3. The Labute approximate surface area is 161 Å². The van der Waals surface area contributed by atoms with Crippen LogP contribution in [0.15, 0.2) is 42.7 Å². The van der Waals surface area contributed by atoms with Gasteiger partial charge in [0, 0.05) is 55.8 Å². The minimum absolute atomic E-state index is 0.284. The Hall–Kier alpha value is -1.91. The van der Waals surface area contributed by atoms with Crippen LogP contribution in [0.3, 0.4) is 0 Å². The summed E-state index contributed by atoms with van der Waals surface area (Å²) in [5.74, 6) is 1.62. The van der Waals surface area contributed by atoms with Crippen molar-refractivity contribution in [1.29, 1.82) is 0 Å². The van der Waals surface area contributed by atoms with Gasteiger partial charge in [-0.05, 0) is 43.0 Å². The predicted molar refractivity (Wildman–Crippen MR) is 104 cm³/mol. The number of ether oxygens (including phenoxy) is 1. The fraction of sp³-hybridized carbons (Fsp3) is 0.522. The lowest BCUT2D eigenvalue weighted by molar-refractivity contribution is -0.148. The molecule has 4 atom stereocenters. The average Bonchev–Trinajstić information content (AvgIpc) is 3.03. The fourth-order valence-electron chi connectivity index (χ4n) is 5.57. The van der Waals surface area contributed by atoms with Crippen LogP contribution in [0, 0.1) is 11.8 Å². The number of pyridine rings is 1. The zero-order valence-electron chi connectivity index (χ0n) is 16.0. The maximum atomic E-state index is 11.7. The zero-order valence-corrected chi connectivity index (χ0v) is 16.0. The summed E-state index contributed by atoms with van der Waals surface area (Å²) in [4.78, 5) is 6.81. The topological polar surface area (TPSA) is 45.6 Å². The predicted octanol–water partition coefficient (Wildman–Crippen LogP) is 3.52. The molecule has 1 aromatic heterocycles. The van der Waals surface area contributed by atoms with Gasteiger partial charge in [0.25, 0.3) is 0 Å². The highest BCUT2D eigenvalue weighted by Crippen LogP contribution is 2.49. The van der Waals surface area contributed by atoms with Crippen molar-refractivity contribution in [3.05, 3.63) is 59.4 Å². The number of aromatic nitrogens is 1. The molecule has 2 bridgehead atoms. The van der Waals surface area contributed by atoms with Gasteiger partial charge in [0.2, 0.25) is 0 Å². The Bertz CT molecular complexity index is 808. The van der Waals surface area contributed by atoms with Crippen molar-refractivity contribution in [3.63, 3.8) is 0 Å². The van der Waals surface area contributed by atoms with Gasteiger partial charge in [-0.1, -0.05) is 24.6 Å². The van der Waals surface area contributed by atoms with Crippen LogP contribution in [0.2, 0.25) is 0 Å². The summed E-state index contributed by atoms with van der Waals surface area (Å²) in [6.07, 6.45) is 8.36. The van der Waals surface area contributed by atoms with Crippen molar-refractivity contribution in [2.45, 2.75) is 50.9 Å². The molecule has 3 heterocycles. The molecule has 4 nitrogen and oxygen atoms in total. The van der Waals surface area contributed by atoms with Crippen molar-refractivity contribution >= 4 is 0 Å². The highest BCUT2D eigenvalue weighted by Gasteiger charge is 2.51. The number of hydrogen-bond acceptors (Lipinski definition) is 4. The SMILES string of the molecule is C[C@H]1Cc2cc(CN3C[C@H]4CCC[C@@H](C3)C4(O)c3cccnc3)ccc2O1. The maximum Gasteiger partial charge on any atom is 0.123 e. The molecule has 1 aromatic carbocycles. The molecule has 1 unspecified atom stereocenters. The van der Waals surface area contributed by atoms with Crippen LogP contribution >= 0.6 is 0 Å². The van der Waals surface area contributed by atoms with Crippen molar-refractivity contribution in [2.24, 2.45) is 11.8 Å². The van der Waals surface area contributed by atoms with Crippen LogP contribution in [0.25, 0.3) is 0 Å². The van der Waals surface area contributed by atoms with E-state index in [1.54, 1.807) is 6.20 Å². The largest absolute Gasteiger partial charge is 0.490 e. The molecule has 27 heavy (non-hydrogen) atoms. The van der Waals surface area contributed by atoms with Crippen molar-refractivity contribution in [2.75, 3.05) is 13.1 Å². The standard InChI is InChI=1S/C23H28N2O2/c1-16-10-18-11-17(7-8-22(18)27-16)13-25-14-20-4-2-5-21(15-25)23(20,26)19-6-3-9-24-12-19/h3,6-9,11-12,16,20-21,26H,2,4-5,10,13-15H2,1H3/t16-,20-,21+,23?/m0/s1. The minimum Gasteiger partial charge on any atom is -0.490 e. The zero-order chi connectivity index (χ0) is 18.4. The summed E-state index contributed by atoms with van der Waals surface area (Å²) in [6, 6.07) is 10.6. The fourth-order valence-corrected chi connectivity index (χ4v) is 5.57. The second kappa shape index (κ2) is 6.61. The molecule has 142 valence electrons. The van der Waals surface area contributed by atoms with E-state index < -0.39 is 5.60 Å². The highest BCUT2D eigenvalue weighted by atomic mass is 16.5. The maximum absolute atomic E-state index is 11.7. The Morgan fingerprint density at radius 3 is 2.78 bits per heavy atom. The lowest BCUT2D eigenvalue weighted by atomic mass is 9.63. The van der Waals surface area contributed by atoms with Crippen molar-refractivity contribution in [1.82, 2.24) is 9.88 Å². The first kappa shape index (κ1) is 17.2. The molecule has 0 radical (unpaired) electrons. The van der Waals surface area contributed by atoms with E-state index in [-0.39, 0.29) is 11.8 Å². The first-order valence-corrected chi connectivity index (χ1v) is 10.3. The second-order valence-corrected chi connectivity index (χ2v) is 8.66. The summed E-state index contributed by atoms with van der Waals surface area (Å²) in [7, 11) is 0. The molecule has 0 spiro atoms. The Balaban J connectivity index is 1.36. The molecule has 1 saturated carbocycles. The van der Waals surface area contributed by atoms with E-state index in [0.717, 1.165) is 50.2 Å². The first-order chi connectivity index (χ1) is 13.1. The van der Waals surface area contributed by atoms with Crippen LogP contribution < -0.4 is 4.74 Å². The van der Waals surface area contributed by atoms with Crippen LogP contribution in [-0.2, 0) is 18.6 Å². The summed E-state index contributed by atoms with van der Waals surface area (Å²) in [5.41, 5.74) is 2.98. The number of benzene rings is 1. The van der Waals surface area contributed by atoms with Gasteiger partial charge in [-0.25, -0.2) is 0 Å². The summed E-state index contributed by atoms with van der Waals surface area (Å²) < 4.78 is 5.84. The van der Waals surface area contributed by atoms with Gasteiger partial charge < -0.3 is 9.84 Å². The molecule has 2 aliphatic heterocycles. The number of aliphatic hydroxyl groups is 1. The third-order valence-corrected chi connectivity index (χ3v) is 6.80. The number of fused-ring (bicyclic) bond motifs is 3. The smallest absolute Gasteiger partial charge is 0.123 e. The van der Waals surface area contributed by atoms with Gasteiger partial charge >= 0.3 is 0 Å². The lowest BCUT2D eigenvalue weighted by Crippen LogP contribution is -2.57. The van der Waals surface area contributed by atoms with Crippen molar-refractivity contribution in [3.8, 4) is 5.75 Å². The molecule has 1 saturated heterocycles. The van der Waals surface area contributed by atoms with Crippen LogP contribution in [0.4, 0.5) is 0 Å². The Morgan fingerprint density at radius 1 is 1.22 bits per heavy atom. The monoisotopic (exact) mass is 364 g/mol. The van der Waals surface area contributed by atoms with Gasteiger partial charge in [0.1, 0.15) is 11.9 Å². The molecule has 1 aliphatic carbocycles. The van der Waals surface area contributed by atoms with Crippen LogP contribution in [-0.4, -0.2) is 34.2 Å².